The number of hydrogen-bond acceptors (Lipinski definition) is 8. The molecule has 2 aliphatic heterocycles. The number of Topliss-reactive ketones (excluding diaryl/α,β-unsaturated/α-hetero) is 1. The lowest BCUT2D eigenvalue weighted by Crippen LogP contribution is -2.31. The van der Waals surface area contributed by atoms with Crippen LogP contribution in [-0.2, 0) is 20.9 Å². The van der Waals surface area contributed by atoms with E-state index in [1.165, 1.54) is 12.0 Å². The monoisotopic (exact) mass is 545 g/mol. The minimum atomic E-state index is -0.845. The summed E-state index contributed by atoms with van der Waals surface area (Å²) < 4.78 is 28.0. The van der Waals surface area contributed by atoms with Crippen molar-refractivity contribution in [3.8, 4) is 23.0 Å². The minimum Gasteiger partial charge on any atom is -0.507 e. The highest BCUT2D eigenvalue weighted by atomic mass is 16.6. The van der Waals surface area contributed by atoms with Crippen molar-refractivity contribution in [2.24, 2.45) is 0 Å². The van der Waals surface area contributed by atoms with Gasteiger partial charge < -0.3 is 33.7 Å². The Morgan fingerprint density at radius 3 is 2.48 bits per heavy atom. The number of fused-ring (bicyclic) bond motifs is 1. The molecule has 1 amide bonds. The third-order valence-corrected chi connectivity index (χ3v) is 6.84. The van der Waals surface area contributed by atoms with Gasteiger partial charge in [-0.25, -0.2) is 0 Å². The third kappa shape index (κ3) is 5.46. The van der Waals surface area contributed by atoms with Crippen LogP contribution in [0.25, 0.3) is 5.76 Å². The normalized spacial score (nSPS) is 17.6. The lowest BCUT2D eigenvalue weighted by molar-refractivity contribution is -0.140. The van der Waals surface area contributed by atoms with Crippen LogP contribution in [0.5, 0.6) is 23.0 Å². The van der Waals surface area contributed by atoms with Crippen molar-refractivity contribution >= 4 is 17.4 Å². The summed E-state index contributed by atoms with van der Waals surface area (Å²) in [4.78, 5) is 28.1. The molecule has 3 aromatic rings. The van der Waals surface area contributed by atoms with Crippen LogP contribution in [0.15, 0.2) is 72.3 Å². The molecule has 0 saturated carbocycles. The first-order chi connectivity index (χ1) is 19.5. The Labute approximate surface area is 232 Å². The molecule has 1 atom stereocenters. The van der Waals surface area contributed by atoms with Gasteiger partial charge >= 0.3 is 0 Å². The molecule has 0 spiro atoms. The average Bonchev–Trinajstić information content (AvgIpc) is 3.25. The third-order valence-electron chi connectivity index (χ3n) is 6.84. The van der Waals surface area contributed by atoms with Gasteiger partial charge in [0.15, 0.2) is 23.0 Å². The van der Waals surface area contributed by atoms with E-state index in [1.807, 2.05) is 30.3 Å². The molecular formula is C31H31NO8. The van der Waals surface area contributed by atoms with Crippen LogP contribution in [0, 0.1) is 0 Å². The van der Waals surface area contributed by atoms with Crippen molar-refractivity contribution < 1.29 is 38.4 Å². The second-order valence-electron chi connectivity index (χ2n) is 9.38. The van der Waals surface area contributed by atoms with Crippen molar-refractivity contribution in [3.63, 3.8) is 0 Å². The maximum Gasteiger partial charge on any atom is 0.295 e. The number of hydrogen-bond donors (Lipinski definition) is 1. The largest absolute Gasteiger partial charge is 0.507 e. The standard InChI is InChI=1S/C31H31NO8/c1-36-14-6-13-32-28(21-9-11-23(25(17-21)37-2)40-19-20-7-4-3-5-8-20)27(30(34)31(32)35)29(33)22-10-12-24-26(18-22)39-16-15-38-24/h3-5,7-12,17-18,28,33H,6,13-16,19H2,1-2H3/b29-27+. The number of ketones is 1. The average molecular weight is 546 g/mol. The van der Waals surface area contributed by atoms with E-state index in [0.717, 1.165) is 5.56 Å². The number of methoxy groups -OCH3 is 2. The van der Waals surface area contributed by atoms with Gasteiger partial charge in [0.25, 0.3) is 11.7 Å². The van der Waals surface area contributed by atoms with E-state index in [2.05, 4.69) is 0 Å². The highest BCUT2D eigenvalue weighted by Crippen LogP contribution is 2.43. The Kier molecular flexibility index (Phi) is 8.21. The van der Waals surface area contributed by atoms with E-state index >= 15 is 0 Å². The number of aliphatic hydroxyl groups excluding tert-OH is 1. The lowest BCUT2D eigenvalue weighted by atomic mass is 9.94. The fourth-order valence-electron chi connectivity index (χ4n) is 4.89. The van der Waals surface area contributed by atoms with Gasteiger partial charge in [0.2, 0.25) is 0 Å². The van der Waals surface area contributed by atoms with Crippen molar-refractivity contribution in [3.05, 3.63) is 89.0 Å². The number of ether oxygens (including phenoxy) is 5. The molecule has 0 radical (unpaired) electrons. The number of carbonyl (C=O) groups excluding carboxylic acids is 2. The lowest BCUT2D eigenvalue weighted by Gasteiger charge is -2.26. The first kappa shape index (κ1) is 27.1. The summed E-state index contributed by atoms with van der Waals surface area (Å²) in [7, 11) is 3.10. The summed E-state index contributed by atoms with van der Waals surface area (Å²) >= 11 is 0. The van der Waals surface area contributed by atoms with Gasteiger partial charge in [-0.15, -0.1) is 0 Å². The van der Waals surface area contributed by atoms with Crippen molar-refractivity contribution in [2.75, 3.05) is 40.6 Å². The van der Waals surface area contributed by atoms with Crippen LogP contribution in [0.1, 0.15) is 29.2 Å². The molecule has 0 aliphatic carbocycles. The Balaban J connectivity index is 1.53. The van der Waals surface area contributed by atoms with Crippen LogP contribution >= 0.6 is 0 Å². The van der Waals surface area contributed by atoms with Crippen molar-refractivity contribution in [1.82, 2.24) is 4.90 Å². The van der Waals surface area contributed by atoms with Gasteiger partial charge in [-0.1, -0.05) is 36.4 Å². The SMILES string of the molecule is COCCCN1C(=O)C(=O)/C(=C(/O)c2ccc3c(c2)OCCO3)C1c1ccc(OCc2ccccc2)c(OC)c1. The van der Waals surface area contributed by atoms with Gasteiger partial charge in [0, 0.05) is 25.8 Å². The summed E-state index contributed by atoms with van der Waals surface area (Å²) in [6, 6.07) is 19.1. The molecule has 0 aromatic heterocycles. The Morgan fingerprint density at radius 2 is 1.73 bits per heavy atom. The smallest absolute Gasteiger partial charge is 0.295 e. The summed E-state index contributed by atoms with van der Waals surface area (Å²) in [5.41, 5.74) is 1.93. The Bertz CT molecular complexity index is 1420. The minimum absolute atomic E-state index is 0.0147. The van der Waals surface area contributed by atoms with E-state index in [1.54, 1.807) is 43.5 Å². The molecule has 2 heterocycles. The van der Waals surface area contributed by atoms with E-state index in [-0.39, 0.29) is 17.9 Å². The molecule has 0 bridgehead atoms. The number of nitrogens with zero attached hydrogens (tertiary/aromatic N) is 1. The zero-order valence-corrected chi connectivity index (χ0v) is 22.4. The fraction of sp³-hybridized carbons (Fsp3) is 0.290. The first-order valence-corrected chi connectivity index (χ1v) is 13.0. The molecule has 9 heteroatoms. The molecule has 1 fully saturated rings. The molecule has 3 aromatic carbocycles. The Hall–Kier alpha value is -4.50. The van der Waals surface area contributed by atoms with Crippen LogP contribution in [-0.4, -0.2) is 62.3 Å². The number of amides is 1. The molecular weight excluding hydrogens is 514 g/mol. The summed E-state index contributed by atoms with van der Waals surface area (Å²) in [6.07, 6.45) is 0.513. The second kappa shape index (κ2) is 12.1. The maximum absolute atomic E-state index is 13.4. The van der Waals surface area contributed by atoms with Crippen LogP contribution in [0.2, 0.25) is 0 Å². The molecule has 208 valence electrons. The molecule has 2 aliphatic rings. The zero-order valence-electron chi connectivity index (χ0n) is 22.4. The molecule has 9 nitrogen and oxygen atoms in total. The van der Waals surface area contributed by atoms with Crippen molar-refractivity contribution in [2.45, 2.75) is 19.1 Å². The van der Waals surface area contributed by atoms with Gasteiger partial charge in [-0.05, 0) is 47.9 Å². The van der Waals surface area contributed by atoms with Crippen molar-refractivity contribution in [1.29, 1.82) is 0 Å². The van der Waals surface area contributed by atoms with E-state index < -0.39 is 17.7 Å². The molecule has 40 heavy (non-hydrogen) atoms. The maximum atomic E-state index is 13.4. The van der Waals surface area contributed by atoms with E-state index in [0.29, 0.717) is 67.0 Å². The molecule has 1 unspecified atom stereocenters. The summed E-state index contributed by atoms with van der Waals surface area (Å²) in [5.74, 6) is 0.214. The predicted molar refractivity (Wildman–Crippen MR) is 147 cm³/mol. The number of benzene rings is 3. The predicted octanol–water partition coefficient (Wildman–Crippen LogP) is 4.50. The number of rotatable bonds is 10. The number of carbonyl (C=O) groups is 2. The highest BCUT2D eigenvalue weighted by Gasteiger charge is 2.46. The quantitative estimate of drug-likeness (QED) is 0.172. The summed E-state index contributed by atoms with van der Waals surface area (Å²) in [6.45, 7) is 1.82. The highest BCUT2D eigenvalue weighted by molar-refractivity contribution is 6.46. The van der Waals surface area contributed by atoms with Crippen LogP contribution < -0.4 is 18.9 Å². The molecule has 5 rings (SSSR count). The number of aliphatic hydroxyl groups is 1. The van der Waals surface area contributed by atoms with Gasteiger partial charge in [-0.3, -0.25) is 9.59 Å². The van der Waals surface area contributed by atoms with Crippen LogP contribution in [0.3, 0.4) is 0 Å². The van der Waals surface area contributed by atoms with Gasteiger partial charge in [0.1, 0.15) is 25.6 Å². The van der Waals surface area contributed by atoms with E-state index in [9.17, 15) is 14.7 Å². The first-order valence-electron chi connectivity index (χ1n) is 13.0. The molecule has 1 saturated heterocycles. The Morgan fingerprint density at radius 1 is 0.950 bits per heavy atom. The second-order valence-corrected chi connectivity index (χ2v) is 9.38. The van der Waals surface area contributed by atoms with Crippen LogP contribution in [0.4, 0.5) is 0 Å². The topological polar surface area (TPSA) is 104 Å². The summed E-state index contributed by atoms with van der Waals surface area (Å²) in [5, 5.41) is 11.4. The van der Waals surface area contributed by atoms with Gasteiger partial charge in [0.05, 0.1) is 18.7 Å². The zero-order chi connectivity index (χ0) is 28.1. The number of likely N-dealkylation sites (tertiary alicyclic amines) is 1. The van der Waals surface area contributed by atoms with E-state index in [4.69, 9.17) is 23.7 Å². The van der Waals surface area contributed by atoms with Gasteiger partial charge in [-0.2, -0.15) is 0 Å². The fourth-order valence-corrected chi connectivity index (χ4v) is 4.89. The molecule has 1 N–H and O–H groups in total.